The third-order valence-electron chi connectivity index (χ3n) is 4.26. The van der Waals surface area contributed by atoms with E-state index < -0.39 is 17.7 Å². The number of rotatable bonds is 1. The van der Waals surface area contributed by atoms with Crippen LogP contribution in [0.5, 0.6) is 0 Å². The van der Waals surface area contributed by atoms with Gasteiger partial charge in [-0.25, -0.2) is 4.79 Å². The zero-order valence-corrected chi connectivity index (χ0v) is 11.0. The SMILES string of the molecule is O=C(O)C1CCN(C2=NOC3(C2)CN(C(=O)O)C3)CC1. The number of hydrogen-bond acceptors (Lipinski definition) is 5. The molecule has 0 aromatic rings. The van der Waals surface area contributed by atoms with E-state index in [0.29, 0.717) is 45.4 Å². The van der Waals surface area contributed by atoms with Gasteiger partial charge in [0.1, 0.15) is 5.84 Å². The van der Waals surface area contributed by atoms with E-state index in [0.717, 1.165) is 5.84 Å². The first-order valence-corrected chi connectivity index (χ1v) is 6.70. The second-order valence-electron chi connectivity index (χ2n) is 5.70. The number of amides is 1. The summed E-state index contributed by atoms with van der Waals surface area (Å²) in [7, 11) is 0. The van der Waals surface area contributed by atoms with Gasteiger partial charge in [0.25, 0.3) is 0 Å². The van der Waals surface area contributed by atoms with E-state index in [2.05, 4.69) is 10.1 Å². The van der Waals surface area contributed by atoms with Crippen molar-refractivity contribution >= 4 is 17.9 Å². The summed E-state index contributed by atoms with van der Waals surface area (Å²) in [5.74, 6) is -0.185. The molecule has 0 aliphatic carbocycles. The lowest BCUT2D eigenvalue weighted by atomic mass is 9.89. The molecule has 3 heterocycles. The summed E-state index contributed by atoms with van der Waals surface area (Å²) in [4.78, 5) is 30.5. The second-order valence-corrected chi connectivity index (χ2v) is 5.70. The molecule has 3 aliphatic rings. The molecular formula is C12H17N3O5. The van der Waals surface area contributed by atoms with Crippen LogP contribution in [0, 0.1) is 5.92 Å². The highest BCUT2D eigenvalue weighted by Gasteiger charge is 2.52. The maximum Gasteiger partial charge on any atom is 0.407 e. The van der Waals surface area contributed by atoms with Crippen LogP contribution in [-0.2, 0) is 9.63 Å². The molecule has 0 unspecified atom stereocenters. The topological polar surface area (TPSA) is 103 Å². The molecule has 3 rings (SSSR count). The van der Waals surface area contributed by atoms with Gasteiger partial charge in [-0.2, -0.15) is 0 Å². The van der Waals surface area contributed by atoms with Gasteiger partial charge in [-0.15, -0.1) is 0 Å². The Morgan fingerprint density at radius 1 is 1.25 bits per heavy atom. The first-order chi connectivity index (χ1) is 9.49. The largest absolute Gasteiger partial charge is 0.481 e. The van der Waals surface area contributed by atoms with Crippen molar-refractivity contribution in [1.29, 1.82) is 0 Å². The third-order valence-corrected chi connectivity index (χ3v) is 4.26. The molecule has 8 nitrogen and oxygen atoms in total. The Morgan fingerprint density at radius 2 is 1.90 bits per heavy atom. The van der Waals surface area contributed by atoms with Crippen molar-refractivity contribution in [3.8, 4) is 0 Å². The van der Waals surface area contributed by atoms with Gasteiger partial charge >= 0.3 is 12.1 Å². The van der Waals surface area contributed by atoms with Gasteiger partial charge < -0.3 is 20.0 Å². The Morgan fingerprint density at radius 3 is 2.45 bits per heavy atom. The fourth-order valence-electron chi connectivity index (χ4n) is 3.01. The van der Waals surface area contributed by atoms with Gasteiger partial charge in [-0.1, -0.05) is 5.16 Å². The summed E-state index contributed by atoms with van der Waals surface area (Å²) < 4.78 is 0. The molecule has 8 heteroatoms. The summed E-state index contributed by atoms with van der Waals surface area (Å²) in [5, 5.41) is 21.9. The average Bonchev–Trinajstić information content (AvgIpc) is 2.82. The van der Waals surface area contributed by atoms with Gasteiger partial charge in [0, 0.05) is 13.1 Å². The monoisotopic (exact) mass is 283 g/mol. The van der Waals surface area contributed by atoms with Gasteiger partial charge in [-0.05, 0) is 12.8 Å². The van der Waals surface area contributed by atoms with Gasteiger partial charge in [0.15, 0.2) is 5.60 Å². The van der Waals surface area contributed by atoms with E-state index in [4.69, 9.17) is 15.1 Å². The molecule has 1 spiro atoms. The lowest BCUT2D eigenvalue weighted by Crippen LogP contribution is -2.63. The number of carboxylic acid groups (broad SMARTS) is 2. The van der Waals surface area contributed by atoms with Crippen LogP contribution >= 0.6 is 0 Å². The Kier molecular flexibility index (Phi) is 2.95. The van der Waals surface area contributed by atoms with E-state index in [9.17, 15) is 9.59 Å². The fraction of sp³-hybridized carbons (Fsp3) is 0.750. The van der Waals surface area contributed by atoms with Crippen LogP contribution in [0.25, 0.3) is 0 Å². The van der Waals surface area contributed by atoms with Crippen molar-refractivity contribution in [2.45, 2.75) is 24.9 Å². The highest BCUT2D eigenvalue weighted by Crippen LogP contribution is 2.35. The molecule has 2 saturated heterocycles. The highest BCUT2D eigenvalue weighted by molar-refractivity contribution is 5.85. The van der Waals surface area contributed by atoms with Crippen LogP contribution in [0.3, 0.4) is 0 Å². The minimum Gasteiger partial charge on any atom is -0.481 e. The maximum absolute atomic E-state index is 10.9. The molecule has 1 amide bonds. The van der Waals surface area contributed by atoms with E-state index >= 15 is 0 Å². The molecule has 0 atom stereocenters. The first-order valence-electron chi connectivity index (χ1n) is 6.70. The molecule has 0 radical (unpaired) electrons. The minimum absolute atomic E-state index is 0.269. The van der Waals surface area contributed by atoms with Gasteiger partial charge in [0.2, 0.25) is 0 Å². The van der Waals surface area contributed by atoms with E-state index in [-0.39, 0.29) is 5.92 Å². The summed E-state index contributed by atoms with van der Waals surface area (Å²) >= 11 is 0. The second kappa shape index (κ2) is 4.53. The van der Waals surface area contributed by atoms with Crippen molar-refractivity contribution < 1.29 is 24.6 Å². The predicted octanol–water partition coefficient (Wildman–Crippen LogP) is 0.249. The summed E-state index contributed by atoms with van der Waals surface area (Å²) in [6.07, 6.45) is 0.898. The molecule has 0 aromatic carbocycles. The number of carbonyl (C=O) groups is 2. The van der Waals surface area contributed by atoms with Crippen molar-refractivity contribution in [3.63, 3.8) is 0 Å². The smallest absolute Gasteiger partial charge is 0.407 e. The van der Waals surface area contributed by atoms with Crippen molar-refractivity contribution in [2.75, 3.05) is 26.2 Å². The first kappa shape index (κ1) is 13.0. The van der Waals surface area contributed by atoms with Crippen molar-refractivity contribution in [1.82, 2.24) is 9.80 Å². The zero-order valence-electron chi connectivity index (χ0n) is 11.0. The number of oxime groups is 1. The van der Waals surface area contributed by atoms with Crippen LogP contribution in [0.4, 0.5) is 4.79 Å². The molecular weight excluding hydrogens is 266 g/mol. The Labute approximate surface area is 115 Å². The minimum atomic E-state index is -0.935. The number of aliphatic carboxylic acids is 1. The van der Waals surface area contributed by atoms with Crippen LogP contribution in [-0.4, -0.2) is 69.7 Å². The third kappa shape index (κ3) is 2.14. The molecule has 0 bridgehead atoms. The number of hydrogen-bond donors (Lipinski definition) is 2. The van der Waals surface area contributed by atoms with Crippen molar-refractivity contribution in [3.05, 3.63) is 0 Å². The zero-order chi connectivity index (χ0) is 14.3. The van der Waals surface area contributed by atoms with Crippen LogP contribution in [0.1, 0.15) is 19.3 Å². The normalized spacial score (nSPS) is 25.1. The molecule has 0 aromatic heterocycles. The standard InChI is InChI=1S/C12H17N3O5/c16-10(17)8-1-3-14(4-2-8)9-5-12(20-13-9)6-15(7-12)11(18)19/h8H,1-7H2,(H,16,17)(H,18,19). The average molecular weight is 283 g/mol. The van der Waals surface area contributed by atoms with Crippen LogP contribution in [0.15, 0.2) is 5.16 Å². The molecule has 2 N–H and O–H groups in total. The van der Waals surface area contributed by atoms with E-state index in [1.54, 1.807) is 0 Å². The van der Waals surface area contributed by atoms with Crippen LogP contribution in [0.2, 0.25) is 0 Å². The van der Waals surface area contributed by atoms with Gasteiger partial charge in [0.05, 0.1) is 25.4 Å². The molecule has 2 fully saturated rings. The summed E-state index contributed by atoms with van der Waals surface area (Å²) in [6.45, 7) is 2.03. The predicted molar refractivity (Wildman–Crippen MR) is 67.4 cm³/mol. The van der Waals surface area contributed by atoms with Crippen molar-refractivity contribution in [2.24, 2.45) is 11.1 Å². The summed E-state index contributed by atoms with van der Waals surface area (Å²) in [5.41, 5.74) is -0.489. The molecule has 110 valence electrons. The Balaban J connectivity index is 1.52. The number of amidine groups is 1. The quantitative estimate of drug-likeness (QED) is 0.715. The number of carboxylic acids is 1. The maximum atomic E-state index is 10.9. The highest BCUT2D eigenvalue weighted by atomic mass is 16.7. The lowest BCUT2D eigenvalue weighted by molar-refractivity contribution is -0.143. The van der Waals surface area contributed by atoms with Crippen LogP contribution < -0.4 is 0 Å². The Hall–Kier alpha value is -1.99. The molecule has 3 aliphatic heterocycles. The van der Waals surface area contributed by atoms with E-state index in [1.165, 1.54) is 4.90 Å². The number of likely N-dealkylation sites (tertiary alicyclic amines) is 2. The number of nitrogens with zero attached hydrogens (tertiary/aromatic N) is 3. The Bertz CT molecular complexity index is 464. The van der Waals surface area contributed by atoms with Gasteiger partial charge in [-0.3, -0.25) is 9.69 Å². The molecule has 0 saturated carbocycles. The lowest BCUT2D eigenvalue weighted by Gasteiger charge is -2.43. The molecule has 20 heavy (non-hydrogen) atoms. The summed E-state index contributed by atoms with van der Waals surface area (Å²) in [6, 6.07) is 0. The van der Waals surface area contributed by atoms with E-state index in [1.807, 2.05) is 0 Å². The fourth-order valence-corrected chi connectivity index (χ4v) is 3.01. The number of piperidine rings is 1.